The van der Waals surface area contributed by atoms with E-state index in [4.69, 9.17) is 0 Å². The number of carbonyl (C=O) groups excluding carboxylic acids is 1. The quantitative estimate of drug-likeness (QED) is 0.640. The highest BCUT2D eigenvalue weighted by Crippen LogP contribution is 2.29. The predicted octanol–water partition coefficient (Wildman–Crippen LogP) is 4.59. The Balaban J connectivity index is 1.89. The highest BCUT2D eigenvalue weighted by Gasteiger charge is 2.27. The van der Waals surface area contributed by atoms with Crippen LogP contribution in [0, 0.1) is 0 Å². The summed E-state index contributed by atoms with van der Waals surface area (Å²) in [5, 5.41) is 0. The van der Waals surface area contributed by atoms with Crippen molar-refractivity contribution in [3.8, 4) is 0 Å². The van der Waals surface area contributed by atoms with E-state index in [-0.39, 0.29) is 11.7 Å². The van der Waals surface area contributed by atoms with Crippen molar-refractivity contribution < 1.29 is 4.79 Å². The molecule has 1 aliphatic heterocycles. The second-order valence-corrected chi connectivity index (χ2v) is 8.02. The third-order valence-corrected chi connectivity index (χ3v) is 5.85. The first-order chi connectivity index (χ1) is 13.1. The van der Waals surface area contributed by atoms with Crippen molar-refractivity contribution in [1.82, 2.24) is 9.80 Å². The van der Waals surface area contributed by atoms with Crippen LogP contribution in [0.15, 0.2) is 54.6 Å². The molecule has 0 aromatic heterocycles. The SMILES string of the molecule is CC(CC(C(=O)c1ccccc1CN1CCCC1)c1ccccc1)N(C)C. The lowest BCUT2D eigenvalue weighted by atomic mass is 9.84. The molecular formula is C24H32N2O. The molecule has 2 aromatic rings. The van der Waals surface area contributed by atoms with Crippen molar-refractivity contribution in [1.29, 1.82) is 0 Å². The fraction of sp³-hybridized carbons (Fsp3) is 0.458. The lowest BCUT2D eigenvalue weighted by Crippen LogP contribution is -2.29. The fourth-order valence-corrected chi connectivity index (χ4v) is 3.90. The van der Waals surface area contributed by atoms with E-state index >= 15 is 0 Å². The first-order valence-corrected chi connectivity index (χ1v) is 10.1. The number of nitrogens with zero attached hydrogens (tertiary/aromatic N) is 2. The summed E-state index contributed by atoms with van der Waals surface area (Å²) in [6.07, 6.45) is 3.36. The lowest BCUT2D eigenvalue weighted by Gasteiger charge is -2.26. The standard InChI is InChI=1S/C24H32N2O/c1-19(25(2)3)17-23(20-11-5-4-6-12-20)24(27)22-14-8-7-13-21(22)18-26-15-9-10-16-26/h4-8,11-14,19,23H,9-10,15-18H2,1-3H3. The van der Waals surface area contributed by atoms with Gasteiger partial charge in [0.2, 0.25) is 0 Å². The number of hydrogen-bond acceptors (Lipinski definition) is 3. The van der Waals surface area contributed by atoms with Crippen LogP contribution in [0.2, 0.25) is 0 Å². The Bertz CT molecular complexity index is 735. The molecule has 1 saturated heterocycles. The highest BCUT2D eigenvalue weighted by atomic mass is 16.1. The largest absolute Gasteiger partial charge is 0.307 e. The Morgan fingerprint density at radius 1 is 1.00 bits per heavy atom. The van der Waals surface area contributed by atoms with E-state index in [1.807, 2.05) is 30.3 Å². The van der Waals surface area contributed by atoms with Crippen LogP contribution in [-0.4, -0.2) is 48.8 Å². The summed E-state index contributed by atoms with van der Waals surface area (Å²) in [4.78, 5) is 18.3. The van der Waals surface area contributed by atoms with Crippen molar-refractivity contribution in [2.75, 3.05) is 27.2 Å². The number of Topliss-reactive ketones (excluding diaryl/α,β-unsaturated/α-hetero) is 1. The van der Waals surface area contributed by atoms with Gasteiger partial charge in [0.15, 0.2) is 5.78 Å². The molecule has 0 bridgehead atoms. The zero-order chi connectivity index (χ0) is 19.2. The first kappa shape index (κ1) is 19.8. The molecule has 2 unspecified atom stereocenters. The normalized spacial score (nSPS) is 17.2. The molecule has 0 aliphatic carbocycles. The molecule has 0 amide bonds. The molecule has 2 atom stereocenters. The fourth-order valence-electron chi connectivity index (χ4n) is 3.90. The van der Waals surface area contributed by atoms with Gasteiger partial charge in [-0.1, -0.05) is 54.6 Å². The number of ketones is 1. The van der Waals surface area contributed by atoms with E-state index in [0.29, 0.717) is 6.04 Å². The minimum absolute atomic E-state index is 0.108. The molecule has 0 N–H and O–H groups in total. The minimum atomic E-state index is -0.108. The molecule has 3 rings (SSSR count). The Labute approximate surface area is 164 Å². The smallest absolute Gasteiger partial charge is 0.170 e. The monoisotopic (exact) mass is 364 g/mol. The Morgan fingerprint density at radius 3 is 2.30 bits per heavy atom. The van der Waals surface area contributed by atoms with Gasteiger partial charge in [0, 0.05) is 24.1 Å². The van der Waals surface area contributed by atoms with E-state index in [9.17, 15) is 4.79 Å². The lowest BCUT2D eigenvalue weighted by molar-refractivity contribution is 0.0939. The summed E-state index contributed by atoms with van der Waals surface area (Å²) in [6.45, 7) is 5.36. The van der Waals surface area contributed by atoms with Gasteiger partial charge < -0.3 is 4.90 Å². The van der Waals surface area contributed by atoms with Crippen molar-refractivity contribution in [2.45, 2.75) is 44.7 Å². The Morgan fingerprint density at radius 2 is 1.63 bits per heavy atom. The topological polar surface area (TPSA) is 23.6 Å². The van der Waals surface area contributed by atoms with E-state index in [1.54, 1.807) is 0 Å². The van der Waals surface area contributed by atoms with Gasteiger partial charge in [-0.05, 0) is 64.5 Å². The van der Waals surface area contributed by atoms with Crippen LogP contribution < -0.4 is 0 Å². The van der Waals surface area contributed by atoms with Crippen LogP contribution in [0.1, 0.15) is 53.6 Å². The average molecular weight is 365 g/mol. The second-order valence-electron chi connectivity index (χ2n) is 8.02. The third kappa shape index (κ3) is 5.06. The molecule has 0 radical (unpaired) electrons. The maximum atomic E-state index is 13.7. The first-order valence-electron chi connectivity index (χ1n) is 10.1. The molecule has 3 nitrogen and oxygen atoms in total. The van der Waals surface area contributed by atoms with Crippen molar-refractivity contribution in [3.63, 3.8) is 0 Å². The summed E-state index contributed by atoms with van der Waals surface area (Å²) in [7, 11) is 4.16. The van der Waals surface area contributed by atoms with Gasteiger partial charge in [-0.2, -0.15) is 0 Å². The summed E-state index contributed by atoms with van der Waals surface area (Å²) in [6, 6.07) is 18.8. The van der Waals surface area contributed by atoms with Crippen LogP contribution in [0.25, 0.3) is 0 Å². The van der Waals surface area contributed by atoms with Gasteiger partial charge in [0.05, 0.1) is 0 Å². The molecular weight excluding hydrogens is 332 g/mol. The van der Waals surface area contributed by atoms with Gasteiger partial charge in [0.1, 0.15) is 0 Å². The molecule has 0 spiro atoms. The van der Waals surface area contributed by atoms with E-state index in [2.05, 4.69) is 55.1 Å². The van der Waals surface area contributed by atoms with Crippen LogP contribution in [0.4, 0.5) is 0 Å². The molecule has 2 aromatic carbocycles. The number of likely N-dealkylation sites (tertiary alicyclic amines) is 1. The van der Waals surface area contributed by atoms with Gasteiger partial charge in [-0.25, -0.2) is 0 Å². The van der Waals surface area contributed by atoms with Crippen molar-refractivity contribution >= 4 is 5.78 Å². The van der Waals surface area contributed by atoms with Crippen LogP contribution in [-0.2, 0) is 6.54 Å². The van der Waals surface area contributed by atoms with Gasteiger partial charge >= 0.3 is 0 Å². The number of hydrogen-bond donors (Lipinski definition) is 0. The summed E-state index contributed by atoms with van der Waals surface area (Å²) in [5.41, 5.74) is 3.18. The zero-order valence-electron chi connectivity index (χ0n) is 16.9. The molecule has 3 heteroatoms. The maximum absolute atomic E-state index is 13.7. The Hall–Kier alpha value is -1.97. The summed E-state index contributed by atoms with van der Waals surface area (Å²) >= 11 is 0. The third-order valence-electron chi connectivity index (χ3n) is 5.85. The van der Waals surface area contributed by atoms with Gasteiger partial charge in [-0.3, -0.25) is 9.69 Å². The molecule has 144 valence electrons. The van der Waals surface area contributed by atoms with Crippen LogP contribution in [0.3, 0.4) is 0 Å². The van der Waals surface area contributed by atoms with E-state index in [1.165, 1.54) is 18.4 Å². The molecule has 27 heavy (non-hydrogen) atoms. The van der Waals surface area contributed by atoms with E-state index < -0.39 is 0 Å². The van der Waals surface area contributed by atoms with E-state index in [0.717, 1.165) is 37.2 Å². The average Bonchev–Trinajstić information content (AvgIpc) is 3.19. The minimum Gasteiger partial charge on any atom is -0.307 e. The summed E-state index contributed by atoms with van der Waals surface area (Å²) in [5.74, 6) is 0.146. The highest BCUT2D eigenvalue weighted by molar-refractivity contribution is 6.02. The van der Waals surface area contributed by atoms with Gasteiger partial charge in [-0.15, -0.1) is 0 Å². The summed E-state index contributed by atoms with van der Waals surface area (Å²) < 4.78 is 0. The molecule has 1 fully saturated rings. The van der Waals surface area contributed by atoms with Gasteiger partial charge in [0.25, 0.3) is 0 Å². The maximum Gasteiger partial charge on any atom is 0.170 e. The molecule has 1 aliphatic rings. The Kier molecular flexibility index (Phi) is 6.81. The number of rotatable bonds is 8. The van der Waals surface area contributed by atoms with Crippen molar-refractivity contribution in [2.24, 2.45) is 0 Å². The predicted molar refractivity (Wildman–Crippen MR) is 112 cm³/mol. The molecule has 1 heterocycles. The molecule has 0 saturated carbocycles. The van der Waals surface area contributed by atoms with Crippen LogP contribution >= 0.6 is 0 Å². The zero-order valence-corrected chi connectivity index (χ0v) is 16.9. The number of carbonyl (C=O) groups is 1. The second kappa shape index (κ2) is 9.29. The number of benzene rings is 2. The van der Waals surface area contributed by atoms with Crippen molar-refractivity contribution in [3.05, 3.63) is 71.3 Å². The van der Waals surface area contributed by atoms with Crippen LogP contribution in [0.5, 0.6) is 0 Å².